The van der Waals surface area contributed by atoms with E-state index in [1.807, 2.05) is 38.1 Å². The van der Waals surface area contributed by atoms with E-state index >= 15 is 0 Å². The number of aromatic nitrogens is 3. The lowest BCUT2D eigenvalue weighted by Gasteiger charge is -2.07. The van der Waals surface area contributed by atoms with Crippen molar-refractivity contribution >= 4 is 50.4 Å². The molecule has 4 nitrogen and oxygen atoms in total. The van der Waals surface area contributed by atoms with Gasteiger partial charge in [-0.05, 0) is 67.3 Å². The van der Waals surface area contributed by atoms with Crippen molar-refractivity contribution in [2.75, 3.05) is 11.9 Å². The molecule has 0 aliphatic carbocycles. The third-order valence-corrected chi connectivity index (χ3v) is 6.83. The molecular weight excluding hydrogens is 438 g/mol. The van der Waals surface area contributed by atoms with Gasteiger partial charge in [0.1, 0.15) is 23.8 Å². The van der Waals surface area contributed by atoms with Gasteiger partial charge >= 0.3 is 0 Å². The molecule has 0 aliphatic rings. The molecule has 3 heterocycles. The fraction of sp³-hybridized carbons (Fsp3) is 0.154. The van der Waals surface area contributed by atoms with E-state index in [1.54, 1.807) is 29.8 Å². The summed E-state index contributed by atoms with van der Waals surface area (Å²) in [7, 11) is 0. The van der Waals surface area contributed by atoms with E-state index in [1.165, 1.54) is 18.2 Å². The van der Waals surface area contributed by atoms with Gasteiger partial charge in [-0.1, -0.05) is 24.3 Å². The zero-order valence-electron chi connectivity index (χ0n) is 18.2. The fourth-order valence-corrected chi connectivity index (χ4v) is 5.07. The van der Waals surface area contributed by atoms with E-state index in [9.17, 15) is 8.78 Å². The largest absolute Gasteiger partial charge is 0.368 e. The molecule has 33 heavy (non-hydrogen) atoms. The maximum Gasteiger partial charge on any atom is 0.147 e. The van der Waals surface area contributed by atoms with Gasteiger partial charge in [0.2, 0.25) is 0 Å². The van der Waals surface area contributed by atoms with Crippen LogP contribution in [-0.2, 0) is 6.42 Å². The van der Waals surface area contributed by atoms with Crippen LogP contribution in [0, 0.1) is 25.5 Å². The van der Waals surface area contributed by atoms with Crippen molar-refractivity contribution < 1.29 is 8.78 Å². The average molecular weight is 461 g/mol. The topological polar surface area (TPSA) is 53.6 Å². The van der Waals surface area contributed by atoms with Crippen molar-refractivity contribution in [2.24, 2.45) is 0 Å². The maximum absolute atomic E-state index is 14.2. The highest BCUT2D eigenvalue weighted by molar-refractivity contribution is 7.20. The summed E-state index contributed by atoms with van der Waals surface area (Å²) in [5.74, 6) is 0.310. The monoisotopic (exact) mass is 460 g/mol. The summed E-state index contributed by atoms with van der Waals surface area (Å²) in [4.78, 5) is 13.1. The molecule has 0 radical (unpaired) electrons. The number of aromatic amines is 1. The number of fused-ring (bicyclic) bond motifs is 2. The third kappa shape index (κ3) is 4.24. The van der Waals surface area contributed by atoms with Crippen LogP contribution in [-0.4, -0.2) is 21.5 Å². The van der Waals surface area contributed by atoms with Crippen LogP contribution in [0.3, 0.4) is 0 Å². The molecule has 2 N–H and O–H groups in total. The third-order valence-electron chi connectivity index (χ3n) is 5.74. The summed E-state index contributed by atoms with van der Waals surface area (Å²) in [6.07, 6.45) is 6.24. The quantitative estimate of drug-likeness (QED) is 0.290. The lowest BCUT2D eigenvalue weighted by Crippen LogP contribution is -2.07. The van der Waals surface area contributed by atoms with Crippen molar-refractivity contribution in [3.63, 3.8) is 0 Å². The predicted octanol–water partition coefficient (Wildman–Crippen LogP) is 6.89. The van der Waals surface area contributed by atoms with Gasteiger partial charge in [0.15, 0.2) is 0 Å². The van der Waals surface area contributed by atoms with Crippen LogP contribution in [0.5, 0.6) is 0 Å². The van der Waals surface area contributed by atoms with Gasteiger partial charge in [-0.25, -0.2) is 18.7 Å². The van der Waals surface area contributed by atoms with Crippen LogP contribution in [0.1, 0.15) is 27.3 Å². The summed E-state index contributed by atoms with van der Waals surface area (Å²) in [6.45, 7) is 4.65. The number of hydrogen-bond donors (Lipinski definition) is 2. The Labute approximate surface area is 194 Å². The van der Waals surface area contributed by atoms with Crippen LogP contribution in [0.15, 0.2) is 48.8 Å². The molecule has 0 unspecified atom stereocenters. The van der Waals surface area contributed by atoms with E-state index in [4.69, 9.17) is 0 Å². The second-order valence-corrected chi connectivity index (χ2v) is 9.07. The highest BCUT2D eigenvalue weighted by Gasteiger charge is 2.14. The van der Waals surface area contributed by atoms with Crippen LogP contribution in [0.2, 0.25) is 0 Å². The van der Waals surface area contributed by atoms with E-state index in [-0.39, 0.29) is 11.6 Å². The number of thiophene rings is 1. The standard InChI is InChI=1S/C26H22F2N4S/c1-15-3-10-21(28)24-23(15)20(16(2)32-24)11-12-29-26-25-22(30-14-31-26)13-19(33-25)9-6-17-4-7-18(27)8-5-17/h3-10,13-14,32H,11-12H2,1-2H3,(H,29,30,31)/b9-6+. The number of anilines is 1. The summed E-state index contributed by atoms with van der Waals surface area (Å²) in [5.41, 5.74) is 5.54. The maximum atomic E-state index is 14.2. The van der Waals surface area contributed by atoms with Crippen molar-refractivity contribution in [3.05, 3.63) is 87.7 Å². The Morgan fingerprint density at radius 2 is 1.85 bits per heavy atom. The van der Waals surface area contributed by atoms with Crippen molar-refractivity contribution in [1.29, 1.82) is 0 Å². The van der Waals surface area contributed by atoms with Crippen molar-refractivity contribution in [3.8, 4) is 0 Å². The Hall–Kier alpha value is -3.58. The number of halogens is 2. The number of rotatable bonds is 6. The van der Waals surface area contributed by atoms with Crippen LogP contribution in [0.4, 0.5) is 14.6 Å². The lowest BCUT2D eigenvalue weighted by molar-refractivity contribution is 0.628. The van der Waals surface area contributed by atoms with Gasteiger partial charge in [0.25, 0.3) is 0 Å². The first-order chi connectivity index (χ1) is 16.0. The molecule has 0 spiro atoms. The first-order valence-electron chi connectivity index (χ1n) is 10.7. The van der Waals surface area contributed by atoms with Crippen LogP contribution >= 0.6 is 11.3 Å². The molecule has 7 heteroatoms. The highest BCUT2D eigenvalue weighted by Crippen LogP contribution is 2.31. The molecule has 0 saturated heterocycles. The Morgan fingerprint density at radius 3 is 2.67 bits per heavy atom. The minimum Gasteiger partial charge on any atom is -0.368 e. The molecule has 0 amide bonds. The number of aryl methyl sites for hydroxylation is 2. The molecule has 0 saturated carbocycles. The molecule has 166 valence electrons. The average Bonchev–Trinajstić information content (AvgIpc) is 3.38. The van der Waals surface area contributed by atoms with E-state index in [0.29, 0.717) is 12.1 Å². The molecular formula is C26H22F2N4S. The van der Waals surface area contributed by atoms with Gasteiger partial charge in [-0.2, -0.15) is 0 Å². The number of nitrogens with one attached hydrogen (secondary N) is 2. The SMILES string of the molecule is Cc1[nH]c2c(F)ccc(C)c2c1CCNc1ncnc2cc(/C=C/c3ccc(F)cc3)sc12. The molecule has 5 aromatic rings. The minimum absolute atomic E-state index is 0.227. The summed E-state index contributed by atoms with van der Waals surface area (Å²) >= 11 is 1.60. The van der Waals surface area contributed by atoms with Crippen molar-refractivity contribution in [2.45, 2.75) is 20.3 Å². The first kappa shape index (κ1) is 21.3. The van der Waals surface area contributed by atoms with E-state index in [0.717, 1.165) is 55.1 Å². The smallest absolute Gasteiger partial charge is 0.147 e. The Kier molecular flexibility index (Phi) is 5.64. The van der Waals surface area contributed by atoms with Gasteiger partial charge in [0, 0.05) is 22.5 Å². The number of H-pyrrole nitrogens is 1. The van der Waals surface area contributed by atoms with Gasteiger partial charge in [-0.15, -0.1) is 11.3 Å². The second-order valence-electron chi connectivity index (χ2n) is 7.99. The van der Waals surface area contributed by atoms with Gasteiger partial charge in [0.05, 0.1) is 15.7 Å². The number of benzene rings is 2. The van der Waals surface area contributed by atoms with E-state index < -0.39 is 0 Å². The van der Waals surface area contributed by atoms with Gasteiger partial charge < -0.3 is 10.3 Å². The zero-order valence-corrected chi connectivity index (χ0v) is 19.1. The zero-order chi connectivity index (χ0) is 22.9. The second kappa shape index (κ2) is 8.75. The Morgan fingerprint density at radius 1 is 1.03 bits per heavy atom. The van der Waals surface area contributed by atoms with E-state index in [2.05, 4.69) is 20.3 Å². The first-order valence-corrected chi connectivity index (χ1v) is 11.5. The minimum atomic E-state index is -0.247. The molecule has 2 aromatic carbocycles. The van der Waals surface area contributed by atoms with Gasteiger partial charge in [-0.3, -0.25) is 0 Å². The fourth-order valence-electron chi connectivity index (χ4n) is 4.09. The predicted molar refractivity (Wildman–Crippen MR) is 133 cm³/mol. The Balaban J connectivity index is 1.35. The Bertz CT molecular complexity index is 1480. The number of nitrogens with zero attached hydrogens (tertiary/aromatic N) is 2. The molecule has 3 aromatic heterocycles. The summed E-state index contributed by atoms with van der Waals surface area (Å²) < 4.78 is 28.3. The normalized spacial score (nSPS) is 11.8. The summed E-state index contributed by atoms with van der Waals surface area (Å²) in [5, 5.41) is 4.40. The van der Waals surface area contributed by atoms with Crippen LogP contribution in [0.25, 0.3) is 33.3 Å². The molecule has 0 atom stereocenters. The summed E-state index contributed by atoms with van der Waals surface area (Å²) in [6, 6.07) is 11.7. The lowest BCUT2D eigenvalue weighted by atomic mass is 10.0. The molecule has 0 fully saturated rings. The molecule has 5 rings (SSSR count). The van der Waals surface area contributed by atoms with Crippen LogP contribution < -0.4 is 5.32 Å². The molecule has 0 aliphatic heterocycles. The number of hydrogen-bond acceptors (Lipinski definition) is 4. The molecule has 0 bridgehead atoms. The van der Waals surface area contributed by atoms with Crippen molar-refractivity contribution in [1.82, 2.24) is 15.0 Å². The highest BCUT2D eigenvalue weighted by atomic mass is 32.1.